The molecule has 17 heavy (non-hydrogen) atoms. The van der Waals surface area contributed by atoms with Gasteiger partial charge in [0.25, 0.3) is 0 Å². The lowest BCUT2D eigenvalue weighted by Gasteiger charge is -2.06. The highest BCUT2D eigenvalue weighted by atomic mass is 16.5. The van der Waals surface area contributed by atoms with Gasteiger partial charge in [-0.05, 0) is 32.1 Å². The van der Waals surface area contributed by atoms with Crippen molar-refractivity contribution in [3.8, 4) is 0 Å². The van der Waals surface area contributed by atoms with E-state index in [2.05, 4.69) is 0 Å². The first-order valence-corrected chi connectivity index (χ1v) is 5.68. The van der Waals surface area contributed by atoms with Crippen LogP contribution >= 0.6 is 0 Å². The second-order valence-corrected chi connectivity index (χ2v) is 3.66. The number of rotatable bonds is 2. The van der Waals surface area contributed by atoms with Crippen molar-refractivity contribution < 1.29 is 9.53 Å². The summed E-state index contributed by atoms with van der Waals surface area (Å²) in [5.74, 6) is 0. The molecule has 0 saturated heterocycles. The molecule has 0 N–H and O–H groups in total. The number of allylic oxidation sites excluding steroid dienone is 1. The number of para-hydroxylation sites is 1. The van der Waals surface area contributed by atoms with E-state index in [0.29, 0.717) is 6.61 Å². The quantitative estimate of drug-likeness (QED) is 0.786. The summed E-state index contributed by atoms with van der Waals surface area (Å²) < 4.78 is 6.67. The van der Waals surface area contributed by atoms with Crippen molar-refractivity contribution in [2.75, 3.05) is 6.61 Å². The van der Waals surface area contributed by atoms with E-state index in [1.165, 1.54) is 0 Å². The number of hydrogen-bond donors (Lipinski definition) is 0. The minimum absolute atomic E-state index is 0.332. The Morgan fingerprint density at radius 1 is 1.41 bits per heavy atom. The molecule has 0 aliphatic rings. The molecular formula is C14H15NO2. The number of aromatic nitrogens is 1. The van der Waals surface area contributed by atoms with E-state index in [1.54, 1.807) is 11.5 Å². The molecule has 1 aromatic carbocycles. The molecule has 0 saturated carbocycles. The second kappa shape index (κ2) is 4.87. The number of hydrogen-bond acceptors (Lipinski definition) is 2. The number of nitrogens with zero attached hydrogens (tertiary/aromatic N) is 1. The third-order valence-corrected chi connectivity index (χ3v) is 2.53. The van der Waals surface area contributed by atoms with E-state index in [9.17, 15) is 4.79 Å². The van der Waals surface area contributed by atoms with Gasteiger partial charge in [0.2, 0.25) is 0 Å². The Kier molecular flexibility index (Phi) is 3.28. The summed E-state index contributed by atoms with van der Waals surface area (Å²) in [6.07, 6.45) is 3.47. The van der Waals surface area contributed by atoms with E-state index in [1.807, 2.05) is 49.4 Å². The monoisotopic (exact) mass is 229 g/mol. The minimum Gasteiger partial charge on any atom is -0.449 e. The number of carbonyl (C=O) groups excluding carboxylic acids is 1. The van der Waals surface area contributed by atoms with Gasteiger partial charge in [0, 0.05) is 5.39 Å². The van der Waals surface area contributed by atoms with Crippen molar-refractivity contribution in [2.24, 2.45) is 0 Å². The summed E-state index contributed by atoms with van der Waals surface area (Å²) >= 11 is 0. The van der Waals surface area contributed by atoms with Crippen molar-refractivity contribution in [2.45, 2.75) is 13.8 Å². The van der Waals surface area contributed by atoms with Crippen LogP contribution in [0.1, 0.15) is 19.5 Å². The Labute approximate surface area is 100 Å². The highest BCUT2D eigenvalue weighted by molar-refractivity contribution is 5.93. The van der Waals surface area contributed by atoms with Gasteiger partial charge in [-0.15, -0.1) is 0 Å². The molecule has 0 spiro atoms. The Hall–Kier alpha value is -2.03. The maximum absolute atomic E-state index is 11.9. The molecule has 0 unspecified atom stereocenters. The number of benzene rings is 1. The molecule has 1 heterocycles. The summed E-state index contributed by atoms with van der Waals surface area (Å²) in [6, 6.07) is 9.75. The third kappa shape index (κ3) is 2.09. The van der Waals surface area contributed by atoms with Crippen LogP contribution in [0.5, 0.6) is 0 Å². The number of carbonyl (C=O) groups is 1. The summed E-state index contributed by atoms with van der Waals surface area (Å²) in [6.45, 7) is 4.10. The van der Waals surface area contributed by atoms with Crippen molar-refractivity contribution >= 4 is 23.1 Å². The molecule has 1 aromatic heterocycles. The predicted octanol–water partition coefficient (Wildman–Crippen LogP) is 3.68. The molecule has 2 aromatic rings. The molecule has 3 nitrogen and oxygen atoms in total. The van der Waals surface area contributed by atoms with Gasteiger partial charge < -0.3 is 4.74 Å². The van der Waals surface area contributed by atoms with Crippen LogP contribution in [0.4, 0.5) is 4.79 Å². The lowest BCUT2D eigenvalue weighted by Crippen LogP contribution is -2.14. The SMILES string of the molecule is C/C=C/c1cc2ccccc2n1C(=O)OCC. The van der Waals surface area contributed by atoms with E-state index in [4.69, 9.17) is 4.74 Å². The highest BCUT2D eigenvalue weighted by Gasteiger charge is 2.13. The standard InChI is InChI=1S/C14H15NO2/c1-3-7-12-10-11-8-5-6-9-13(11)15(12)14(16)17-4-2/h3,5-10H,4H2,1-2H3/b7-3+. The first-order valence-electron chi connectivity index (χ1n) is 5.68. The Balaban J connectivity index is 2.63. The molecule has 0 amide bonds. The van der Waals surface area contributed by atoms with Crippen LogP contribution < -0.4 is 0 Å². The largest absolute Gasteiger partial charge is 0.449 e. The van der Waals surface area contributed by atoms with E-state index in [0.717, 1.165) is 16.6 Å². The van der Waals surface area contributed by atoms with Gasteiger partial charge in [-0.25, -0.2) is 9.36 Å². The molecule has 0 radical (unpaired) electrons. The Morgan fingerprint density at radius 2 is 2.18 bits per heavy atom. The summed E-state index contributed by atoms with van der Waals surface area (Å²) in [7, 11) is 0. The maximum atomic E-state index is 11.9. The molecule has 0 aliphatic heterocycles. The third-order valence-electron chi connectivity index (χ3n) is 2.53. The smallest absolute Gasteiger partial charge is 0.418 e. The van der Waals surface area contributed by atoms with Crippen LogP contribution in [0.3, 0.4) is 0 Å². The van der Waals surface area contributed by atoms with Crippen molar-refractivity contribution in [1.82, 2.24) is 4.57 Å². The molecule has 3 heteroatoms. The molecule has 0 fully saturated rings. The van der Waals surface area contributed by atoms with E-state index in [-0.39, 0.29) is 6.09 Å². The summed E-state index contributed by atoms with van der Waals surface area (Å²) in [5.41, 5.74) is 1.71. The van der Waals surface area contributed by atoms with Crippen LogP contribution in [0.15, 0.2) is 36.4 Å². The zero-order chi connectivity index (χ0) is 12.3. The fraction of sp³-hybridized carbons (Fsp3) is 0.214. The first-order chi connectivity index (χ1) is 8.27. The molecule has 0 bridgehead atoms. The Bertz CT molecular complexity index is 567. The van der Waals surface area contributed by atoms with Gasteiger partial charge in [-0.3, -0.25) is 0 Å². The lowest BCUT2D eigenvalue weighted by molar-refractivity contribution is 0.155. The van der Waals surface area contributed by atoms with Crippen LogP contribution in [0.2, 0.25) is 0 Å². The van der Waals surface area contributed by atoms with Gasteiger partial charge in [-0.2, -0.15) is 0 Å². The van der Waals surface area contributed by atoms with E-state index < -0.39 is 0 Å². The minimum atomic E-state index is -0.332. The topological polar surface area (TPSA) is 31.2 Å². The summed E-state index contributed by atoms with van der Waals surface area (Å²) in [4.78, 5) is 11.9. The lowest BCUT2D eigenvalue weighted by atomic mass is 10.2. The van der Waals surface area contributed by atoms with Crippen LogP contribution in [0.25, 0.3) is 17.0 Å². The molecule has 0 atom stereocenters. The fourth-order valence-electron chi connectivity index (χ4n) is 1.86. The van der Waals surface area contributed by atoms with Crippen LogP contribution in [-0.4, -0.2) is 17.3 Å². The number of fused-ring (bicyclic) bond motifs is 1. The van der Waals surface area contributed by atoms with Crippen molar-refractivity contribution in [1.29, 1.82) is 0 Å². The summed E-state index contributed by atoms with van der Waals surface area (Å²) in [5, 5.41) is 1.04. The molecule has 2 rings (SSSR count). The molecule has 88 valence electrons. The van der Waals surface area contributed by atoms with Crippen LogP contribution in [0, 0.1) is 0 Å². The average molecular weight is 229 g/mol. The normalized spacial score (nSPS) is 11.2. The van der Waals surface area contributed by atoms with Gasteiger partial charge >= 0.3 is 6.09 Å². The first kappa shape index (κ1) is 11.5. The second-order valence-electron chi connectivity index (χ2n) is 3.66. The van der Waals surface area contributed by atoms with Crippen molar-refractivity contribution in [3.63, 3.8) is 0 Å². The van der Waals surface area contributed by atoms with Gasteiger partial charge in [-0.1, -0.05) is 24.3 Å². The molecule has 0 aliphatic carbocycles. The average Bonchev–Trinajstić information content (AvgIpc) is 2.67. The zero-order valence-corrected chi connectivity index (χ0v) is 10.0. The fourth-order valence-corrected chi connectivity index (χ4v) is 1.86. The van der Waals surface area contributed by atoms with Gasteiger partial charge in [0.15, 0.2) is 0 Å². The predicted molar refractivity (Wildman–Crippen MR) is 69.1 cm³/mol. The number of ether oxygens (including phenoxy) is 1. The maximum Gasteiger partial charge on any atom is 0.418 e. The zero-order valence-electron chi connectivity index (χ0n) is 10.0. The molecular weight excluding hydrogens is 214 g/mol. The van der Waals surface area contributed by atoms with Gasteiger partial charge in [0.05, 0.1) is 17.8 Å². The van der Waals surface area contributed by atoms with Crippen LogP contribution in [-0.2, 0) is 4.74 Å². The highest BCUT2D eigenvalue weighted by Crippen LogP contribution is 2.21. The Morgan fingerprint density at radius 3 is 2.88 bits per heavy atom. The van der Waals surface area contributed by atoms with E-state index >= 15 is 0 Å². The van der Waals surface area contributed by atoms with Crippen molar-refractivity contribution in [3.05, 3.63) is 42.1 Å². The van der Waals surface area contributed by atoms with Gasteiger partial charge in [0.1, 0.15) is 0 Å².